The van der Waals surface area contributed by atoms with Crippen LogP contribution in [0.4, 0.5) is 4.39 Å². The number of hydrogen-bond acceptors (Lipinski definition) is 4. The van der Waals surface area contributed by atoms with Crippen LogP contribution >= 0.6 is 15.9 Å². The van der Waals surface area contributed by atoms with E-state index in [0.717, 1.165) is 6.07 Å². The first-order valence-corrected chi connectivity index (χ1v) is 8.27. The highest BCUT2D eigenvalue weighted by Crippen LogP contribution is 2.25. The SMILES string of the molecule is CC(NS(=O)(=O)c1cc(Br)cc(CO)c1F)c1ccco1. The third kappa shape index (κ3) is 3.52. The van der Waals surface area contributed by atoms with Gasteiger partial charge in [-0.3, -0.25) is 0 Å². The lowest BCUT2D eigenvalue weighted by atomic mass is 10.2. The predicted octanol–water partition coefficient (Wildman–Crippen LogP) is 2.71. The topological polar surface area (TPSA) is 79.5 Å². The minimum absolute atomic E-state index is 0.101. The first kappa shape index (κ1) is 16.2. The Morgan fingerprint density at radius 3 is 2.76 bits per heavy atom. The Kier molecular flexibility index (Phi) is 4.82. The summed E-state index contributed by atoms with van der Waals surface area (Å²) in [5, 5.41) is 9.07. The Morgan fingerprint density at radius 1 is 1.48 bits per heavy atom. The predicted molar refractivity (Wildman–Crippen MR) is 77.5 cm³/mol. The van der Waals surface area contributed by atoms with Gasteiger partial charge in [0.15, 0.2) is 0 Å². The molecular weight excluding hydrogens is 365 g/mol. The number of sulfonamides is 1. The van der Waals surface area contributed by atoms with Crippen molar-refractivity contribution >= 4 is 26.0 Å². The van der Waals surface area contributed by atoms with Crippen LogP contribution in [0.3, 0.4) is 0 Å². The Morgan fingerprint density at radius 2 is 2.19 bits per heavy atom. The van der Waals surface area contributed by atoms with E-state index in [2.05, 4.69) is 20.7 Å². The molecule has 0 saturated heterocycles. The summed E-state index contributed by atoms with van der Waals surface area (Å²) in [5.74, 6) is -0.559. The number of benzene rings is 1. The first-order chi connectivity index (χ1) is 9.85. The highest BCUT2D eigenvalue weighted by atomic mass is 79.9. The van der Waals surface area contributed by atoms with Crippen molar-refractivity contribution in [1.82, 2.24) is 4.72 Å². The summed E-state index contributed by atoms with van der Waals surface area (Å²) in [6.07, 6.45) is 1.42. The smallest absolute Gasteiger partial charge is 0.244 e. The zero-order chi connectivity index (χ0) is 15.6. The molecular formula is C13H13BrFNO4S. The summed E-state index contributed by atoms with van der Waals surface area (Å²) in [7, 11) is -4.10. The van der Waals surface area contributed by atoms with Crippen LogP contribution in [0.25, 0.3) is 0 Å². The summed E-state index contributed by atoms with van der Waals surface area (Å²) < 4.78 is 46.5. The maximum Gasteiger partial charge on any atom is 0.244 e. The van der Waals surface area contributed by atoms with Crippen LogP contribution in [-0.4, -0.2) is 13.5 Å². The normalized spacial score (nSPS) is 13.3. The fourth-order valence-electron chi connectivity index (χ4n) is 1.82. The van der Waals surface area contributed by atoms with Gasteiger partial charge in [-0.2, -0.15) is 0 Å². The van der Waals surface area contributed by atoms with E-state index in [9.17, 15) is 12.8 Å². The van der Waals surface area contributed by atoms with Crippen LogP contribution < -0.4 is 4.72 Å². The van der Waals surface area contributed by atoms with Crippen molar-refractivity contribution in [2.24, 2.45) is 0 Å². The van der Waals surface area contributed by atoms with Gasteiger partial charge >= 0.3 is 0 Å². The minimum atomic E-state index is -4.10. The number of nitrogens with one attached hydrogen (secondary N) is 1. The molecule has 0 spiro atoms. The maximum atomic E-state index is 14.1. The molecule has 1 heterocycles. The quantitative estimate of drug-likeness (QED) is 0.839. The van der Waals surface area contributed by atoms with Crippen LogP contribution in [0.5, 0.6) is 0 Å². The molecule has 2 N–H and O–H groups in total. The Bertz CT molecular complexity index is 731. The van der Waals surface area contributed by atoms with Crippen LogP contribution in [-0.2, 0) is 16.6 Å². The Labute approximate surface area is 130 Å². The lowest BCUT2D eigenvalue weighted by Crippen LogP contribution is -2.27. The molecule has 0 aliphatic heterocycles. The molecule has 1 aromatic heterocycles. The molecule has 2 rings (SSSR count). The largest absolute Gasteiger partial charge is 0.468 e. The van der Waals surface area contributed by atoms with Gasteiger partial charge in [-0.1, -0.05) is 15.9 Å². The van der Waals surface area contributed by atoms with Crippen molar-refractivity contribution in [2.45, 2.75) is 24.5 Å². The average molecular weight is 378 g/mol. The van der Waals surface area contributed by atoms with E-state index in [0.29, 0.717) is 10.2 Å². The van der Waals surface area contributed by atoms with Gasteiger partial charge in [0.1, 0.15) is 16.5 Å². The third-order valence-electron chi connectivity index (χ3n) is 2.84. The van der Waals surface area contributed by atoms with E-state index >= 15 is 0 Å². The van der Waals surface area contributed by atoms with E-state index in [1.54, 1.807) is 19.1 Å². The molecule has 0 radical (unpaired) electrons. The van der Waals surface area contributed by atoms with Crippen LogP contribution in [0, 0.1) is 5.82 Å². The monoisotopic (exact) mass is 377 g/mol. The van der Waals surface area contributed by atoms with Gasteiger partial charge in [0.05, 0.1) is 18.9 Å². The fourth-order valence-corrected chi connectivity index (χ4v) is 3.84. The highest BCUT2D eigenvalue weighted by molar-refractivity contribution is 9.10. The lowest BCUT2D eigenvalue weighted by molar-refractivity contribution is 0.274. The molecule has 0 amide bonds. The Hall–Kier alpha value is -1.22. The molecule has 1 aromatic carbocycles. The fraction of sp³-hybridized carbons (Fsp3) is 0.231. The van der Waals surface area contributed by atoms with Crippen LogP contribution in [0.15, 0.2) is 44.3 Å². The van der Waals surface area contributed by atoms with E-state index < -0.39 is 33.4 Å². The second-order valence-corrected chi connectivity index (χ2v) is 6.99. The lowest BCUT2D eigenvalue weighted by Gasteiger charge is -2.14. The van der Waals surface area contributed by atoms with E-state index in [1.807, 2.05) is 0 Å². The van der Waals surface area contributed by atoms with Crippen molar-refractivity contribution in [3.8, 4) is 0 Å². The molecule has 114 valence electrons. The average Bonchev–Trinajstić information content (AvgIpc) is 2.94. The molecule has 8 heteroatoms. The van der Waals surface area contributed by atoms with Crippen molar-refractivity contribution in [3.63, 3.8) is 0 Å². The molecule has 2 aromatic rings. The van der Waals surface area contributed by atoms with Crippen molar-refractivity contribution in [2.75, 3.05) is 0 Å². The molecule has 21 heavy (non-hydrogen) atoms. The van der Waals surface area contributed by atoms with Gasteiger partial charge in [-0.15, -0.1) is 0 Å². The molecule has 1 unspecified atom stereocenters. The summed E-state index contributed by atoms with van der Waals surface area (Å²) >= 11 is 3.10. The number of aliphatic hydroxyl groups excluding tert-OH is 1. The molecule has 0 bridgehead atoms. The summed E-state index contributed by atoms with van der Waals surface area (Å²) in [5.41, 5.74) is -0.101. The van der Waals surface area contributed by atoms with Gasteiger partial charge in [-0.25, -0.2) is 17.5 Å². The van der Waals surface area contributed by atoms with Crippen molar-refractivity contribution in [1.29, 1.82) is 0 Å². The summed E-state index contributed by atoms with van der Waals surface area (Å²) in [6.45, 7) is 0.987. The second-order valence-electron chi connectivity index (χ2n) is 4.39. The standard InChI is InChI=1S/C13H13BrFNO4S/c1-8(11-3-2-4-20-11)16-21(18,19)12-6-10(14)5-9(7-17)13(12)15/h2-6,8,16-17H,7H2,1H3. The molecule has 0 fully saturated rings. The van der Waals surface area contributed by atoms with Gasteiger partial charge in [0.2, 0.25) is 10.0 Å². The molecule has 5 nitrogen and oxygen atoms in total. The number of halogens is 2. The van der Waals surface area contributed by atoms with Gasteiger partial charge in [0.25, 0.3) is 0 Å². The van der Waals surface area contributed by atoms with E-state index in [1.165, 1.54) is 12.3 Å². The van der Waals surface area contributed by atoms with Crippen LogP contribution in [0.1, 0.15) is 24.3 Å². The summed E-state index contributed by atoms with van der Waals surface area (Å²) in [4.78, 5) is -0.528. The van der Waals surface area contributed by atoms with Gasteiger partial charge in [-0.05, 0) is 31.2 Å². The van der Waals surface area contributed by atoms with Gasteiger partial charge in [0, 0.05) is 10.0 Å². The summed E-state index contributed by atoms with van der Waals surface area (Å²) in [6, 6.07) is 5.06. The zero-order valence-electron chi connectivity index (χ0n) is 11.0. The first-order valence-electron chi connectivity index (χ1n) is 5.99. The van der Waals surface area contributed by atoms with Crippen molar-refractivity contribution in [3.05, 3.63) is 52.1 Å². The zero-order valence-corrected chi connectivity index (χ0v) is 13.4. The van der Waals surface area contributed by atoms with Crippen molar-refractivity contribution < 1.29 is 22.3 Å². The molecule has 0 aliphatic rings. The molecule has 0 aliphatic carbocycles. The minimum Gasteiger partial charge on any atom is -0.468 e. The molecule has 1 atom stereocenters. The number of rotatable bonds is 5. The van der Waals surface area contributed by atoms with E-state index in [-0.39, 0.29) is 5.56 Å². The van der Waals surface area contributed by atoms with Gasteiger partial charge < -0.3 is 9.52 Å². The van der Waals surface area contributed by atoms with Crippen LogP contribution in [0.2, 0.25) is 0 Å². The molecule has 0 saturated carbocycles. The van der Waals surface area contributed by atoms with E-state index in [4.69, 9.17) is 9.52 Å². The Balaban J connectivity index is 2.38. The second kappa shape index (κ2) is 6.27. The maximum absolute atomic E-state index is 14.1. The number of hydrogen-bond donors (Lipinski definition) is 2. The number of aliphatic hydroxyl groups is 1. The highest BCUT2D eigenvalue weighted by Gasteiger charge is 2.25. The third-order valence-corrected chi connectivity index (χ3v) is 4.84. The number of furan rings is 1.